The molecule has 0 spiro atoms. The first-order chi connectivity index (χ1) is 13.3. The Morgan fingerprint density at radius 3 is 2.30 bits per heavy atom. The molecule has 1 aromatic carbocycles. The lowest BCUT2D eigenvalue weighted by Gasteiger charge is -2.40. The highest BCUT2D eigenvalue weighted by Crippen LogP contribution is 2.25. The molecule has 2 heterocycles. The van der Waals surface area contributed by atoms with E-state index in [-0.39, 0.29) is 5.92 Å². The summed E-state index contributed by atoms with van der Waals surface area (Å²) in [6.45, 7) is 7.04. The largest absolute Gasteiger partial charge is 0.368 e. The average molecular weight is 368 g/mol. The van der Waals surface area contributed by atoms with Crippen LogP contribution in [0.25, 0.3) is 0 Å². The fourth-order valence-corrected chi connectivity index (χ4v) is 4.83. The number of anilines is 1. The molecule has 2 aliphatic heterocycles. The van der Waals surface area contributed by atoms with E-state index < -0.39 is 0 Å². The van der Waals surface area contributed by atoms with Crippen LogP contribution in [0.1, 0.15) is 32.1 Å². The normalized spacial score (nSPS) is 25.0. The number of piperazine rings is 1. The van der Waals surface area contributed by atoms with Crippen LogP contribution in [0.5, 0.6) is 0 Å². The van der Waals surface area contributed by atoms with E-state index in [4.69, 9.17) is 0 Å². The molecule has 2 fully saturated rings. The molecule has 4 heteroatoms. The molecular weight excluding hydrogens is 334 g/mol. The Kier molecular flexibility index (Phi) is 6.13. The molecule has 4 nitrogen and oxygen atoms in total. The maximum atomic E-state index is 13.0. The van der Waals surface area contributed by atoms with E-state index in [1.807, 2.05) is 0 Å². The molecule has 4 rings (SSSR count). The first kappa shape index (κ1) is 18.5. The smallest absolute Gasteiger partial charge is 0.225 e. The monoisotopic (exact) mass is 367 g/mol. The lowest BCUT2D eigenvalue weighted by molar-refractivity contribution is -0.137. The molecule has 1 atom stereocenters. The van der Waals surface area contributed by atoms with E-state index in [0.717, 1.165) is 58.0 Å². The predicted octanol–water partition coefficient (Wildman–Crippen LogP) is 3.40. The number of hydrogen-bond donors (Lipinski definition) is 0. The molecule has 27 heavy (non-hydrogen) atoms. The summed E-state index contributed by atoms with van der Waals surface area (Å²) in [7, 11) is 0. The highest BCUT2D eigenvalue weighted by atomic mass is 16.2. The summed E-state index contributed by atoms with van der Waals surface area (Å²) in [4.78, 5) is 20.1. The lowest BCUT2D eigenvalue weighted by atomic mass is 9.91. The van der Waals surface area contributed by atoms with Crippen LogP contribution in [0.2, 0.25) is 0 Å². The number of carbonyl (C=O) groups is 1. The Labute approximate surface area is 163 Å². The van der Waals surface area contributed by atoms with Gasteiger partial charge in [-0.05, 0) is 63.2 Å². The molecule has 0 aromatic heterocycles. The Morgan fingerprint density at radius 1 is 0.889 bits per heavy atom. The van der Waals surface area contributed by atoms with Gasteiger partial charge in [0.25, 0.3) is 0 Å². The summed E-state index contributed by atoms with van der Waals surface area (Å²) in [5, 5.41) is 0. The van der Waals surface area contributed by atoms with Crippen LogP contribution >= 0.6 is 0 Å². The van der Waals surface area contributed by atoms with Crippen LogP contribution in [0.4, 0.5) is 5.69 Å². The van der Waals surface area contributed by atoms with E-state index in [1.54, 1.807) is 0 Å². The number of piperidine rings is 1. The van der Waals surface area contributed by atoms with Crippen molar-refractivity contribution in [1.82, 2.24) is 9.80 Å². The van der Waals surface area contributed by atoms with Crippen LogP contribution in [0.15, 0.2) is 42.5 Å². The maximum Gasteiger partial charge on any atom is 0.225 e. The second kappa shape index (κ2) is 8.92. The molecule has 0 radical (unpaired) electrons. The summed E-state index contributed by atoms with van der Waals surface area (Å²) < 4.78 is 0. The van der Waals surface area contributed by atoms with Crippen molar-refractivity contribution in [2.75, 3.05) is 50.7 Å². The van der Waals surface area contributed by atoms with Gasteiger partial charge in [0.15, 0.2) is 0 Å². The molecule has 1 aliphatic carbocycles. The third kappa shape index (κ3) is 4.73. The Morgan fingerprint density at radius 2 is 1.63 bits per heavy atom. The highest BCUT2D eigenvalue weighted by molar-refractivity contribution is 5.79. The molecule has 1 unspecified atom stereocenters. The predicted molar refractivity (Wildman–Crippen MR) is 111 cm³/mol. The van der Waals surface area contributed by atoms with Crippen molar-refractivity contribution in [3.05, 3.63) is 42.5 Å². The molecule has 0 N–H and O–H groups in total. The van der Waals surface area contributed by atoms with Crippen LogP contribution in [-0.4, -0.2) is 61.5 Å². The number of carbonyl (C=O) groups excluding carboxylic acids is 1. The van der Waals surface area contributed by atoms with Crippen molar-refractivity contribution < 1.29 is 4.79 Å². The van der Waals surface area contributed by atoms with Crippen LogP contribution in [0.3, 0.4) is 0 Å². The van der Waals surface area contributed by atoms with E-state index in [1.165, 1.54) is 31.5 Å². The van der Waals surface area contributed by atoms with Crippen LogP contribution in [-0.2, 0) is 4.79 Å². The fraction of sp³-hybridized carbons (Fsp3) is 0.609. The van der Waals surface area contributed by atoms with Gasteiger partial charge in [0.1, 0.15) is 0 Å². The van der Waals surface area contributed by atoms with E-state index in [0.29, 0.717) is 5.91 Å². The molecule has 3 aliphatic rings. The Balaban J connectivity index is 1.21. The van der Waals surface area contributed by atoms with Gasteiger partial charge >= 0.3 is 0 Å². The fourth-order valence-electron chi connectivity index (χ4n) is 4.83. The second-order valence-electron chi connectivity index (χ2n) is 8.37. The molecule has 0 bridgehead atoms. The zero-order chi connectivity index (χ0) is 18.5. The zero-order valence-corrected chi connectivity index (χ0v) is 16.4. The highest BCUT2D eigenvalue weighted by Gasteiger charge is 2.31. The van der Waals surface area contributed by atoms with Crippen molar-refractivity contribution in [2.24, 2.45) is 11.8 Å². The zero-order valence-electron chi connectivity index (χ0n) is 16.4. The van der Waals surface area contributed by atoms with Crippen molar-refractivity contribution >= 4 is 11.6 Å². The standard InChI is InChI=1S/C23H33N3O/c27-23(26-17-15-25(16-18-26)22-9-5-2-6-10-22)21-11-13-24(14-12-21)19-20-7-3-1-4-8-20/h1-3,5-6,9-10,20-21H,4,7-8,11-19H2. The van der Waals surface area contributed by atoms with Gasteiger partial charge in [0.2, 0.25) is 5.91 Å². The minimum atomic E-state index is 0.246. The van der Waals surface area contributed by atoms with Gasteiger partial charge in [-0.25, -0.2) is 0 Å². The lowest BCUT2D eigenvalue weighted by Crippen LogP contribution is -2.51. The summed E-state index contributed by atoms with van der Waals surface area (Å²) in [6, 6.07) is 10.6. The Hall–Kier alpha value is -1.81. The number of para-hydroxylation sites is 1. The third-order valence-corrected chi connectivity index (χ3v) is 6.54. The second-order valence-corrected chi connectivity index (χ2v) is 8.37. The van der Waals surface area contributed by atoms with Crippen LogP contribution < -0.4 is 4.90 Å². The molecular formula is C23H33N3O. The quantitative estimate of drug-likeness (QED) is 0.763. The summed E-state index contributed by atoms with van der Waals surface area (Å²) in [5.74, 6) is 1.48. The van der Waals surface area contributed by atoms with Crippen molar-refractivity contribution in [1.29, 1.82) is 0 Å². The topological polar surface area (TPSA) is 26.8 Å². The molecule has 0 saturated carbocycles. The van der Waals surface area contributed by atoms with Crippen molar-refractivity contribution in [3.63, 3.8) is 0 Å². The van der Waals surface area contributed by atoms with E-state index in [2.05, 4.69) is 57.2 Å². The minimum Gasteiger partial charge on any atom is -0.368 e. The molecule has 1 aromatic rings. The van der Waals surface area contributed by atoms with Crippen molar-refractivity contribution in [2.45, 2.75) is 32.1 Å². The number of benzene rings is 1. The summed E-state index contributed by atoms with van der Waals surface area (Å²) in [5.41, 5.74) is 1.27. The molecule has 1 amide bonds. The number of likely N-dealkylation sites (tertiary alicyclic amines) is 1. The van der Waals surface area contributed by atoms with Gasteiger partial charge < -0.3 is 14.7 Å². The van der Waals surface area contributed by atoms with Gasteiger partial charge in [-0.2, -0.15) is 0 Å². The molecule has 146 valence electrons. The van der Waals surface area contributed by atoms with Crippen LogP contribution in [0, 0.1) is 11.8 Å². The Bertz CT molecular complexity index is 628. The average Bonchev–Trinajstić information content (AvgIpc) is 2.75. The minimum absolute atomic E-state index is 0.246. The van der Waals surface area contributed by atoms with Gasteiger partial charge in [-0.1, -0.05) is 30.4 Å². The molecule has 2 saturated heterocycles. The summed E-state index contributed by atoms with van der Waals surface area (Å²) >= 11 is 0. The number of amides is 1. The van der Waals surface area contributed by atoms with E-state index in [9.17, 15) is 4.79 Å². The van der Waals surface area contributed by atoms with Crippen molar-refractivity contribution in [3.8, 4) is 0 Å². The van der Waals surface area contributed by atoms with Gasteiger partial charge in [-0.15, -0.1) is 0 Å². The number of nitrogens with zero attached hydrogens (tertiary/aromatic N) is 3. The van der Waals surface area contributed by atoms with Gasteiger partial charge in [0.05, 0.1) is 0 Å². The third-order valence-electron chi connectivity index (χ3n) is 6.54. The first-order valence-electron chi connectivity index (χ1n) is 10.8. The van der Waals surface area contributed by atoms with Gasteiger partial charge in [-0.3, -0.25) is 4.79 Å². The van der Waals surface area contributed by atoms with E-state index >= 15 is 0 Å². The summed E-state index contributed by atoms with van der Waals surface area (Å²) in [6.07, 6.45) is 10.6. The first-order valence-corrected chi connectivity index (χ1v) is 10.8. The number of rotatable bonds is 4. The number of allylic oxidation sites excluding steroid dienone is 2. The SMILES string of the molecule is O=C(C1CCN(CC2CC=CCC2)CC1)N1CCN(c2ccccc2)CC1. The van der Waals surface area contributed by atoms with Gasteiger partial charge in [0, 0.05) is 44.3 Å². The number of hydrogen-bond acceptors (Lipinski definition) is 3. The maximum absolute atomic E-state index is 13.0.